The molecule has 0 aromatic heterocycles. The second kappa shape index (κ2) is 8.83. The van der Waals surface area contributed by atoms with Crippen LogP contribution in [-0.2, 0) is 20.3 Å². The third-order valence-corrected chi connectivity index (χ3v) is 4.44. The number of benzene rings is 1. The second-order valence-corrected chi connectivity index (χ2v) is 6.83. The molecule has 0 radical (unpaired) electrons. The van der Waals surface area contributed by atoms with Crippen molar-refractivity contribution in [3.8, 4) is 5.75 Å². The smallest absolute Gasteiger partial charge is 0.461 e. The topological polar surface area (TPSA) is 95.7 Å². The maximum atomic E-state index is 13.5. The van der Waals surface area contributed by atoms with Gasteiger partial charge in [-0.15, -0.1) is 0 Å². The number of esters is 1. The number of nitro benzene ring substituents is 1. The van der Waals surface area contributed by atoms with E-state index < -0.39 is 74.8 Å². The summed E-state index contributed by atoms with van der Waals surface area (Å²) >= 11 is 0. The molecule has 0 aliphatic carbocycles. The Bertz CT molecular complexity index is 869. The molecule has 0 amide bonds. The van der Waals surface area contributed by atoms with E-state index in [2.05, 4.69) is 9.47 Å². The molecule has 31 heavy (non-hydrogen) atoms. The van der Waals surface area contributed by atoms with Gasteiger partial charge in [-0.25, -0.2) is 9.00 Å². The van der Waals surface area contributed by atoms with E-state index in [-0.39, 0.29) is 12.1 Å². The van der Waals surface area contributed by atoms with E-state index >= 15 is 0 Å². The Balaban J connectivity index is 3.13. The summed E-state index contributed by atoms with van der Waals surface area (Å²) in [6.07, 6.45) is -11.7. The lowest BCUT2D eigenvalue weighted by Gasteiger charge is -2.27. The fourth-order valence-corrected chi connectivity index (χ4v) is 2.70. The lowest BCUT2D eigenvalue weighted by molar-refractivity contribution is -0.386. The standard InChI is InChI=1S/C13H7F10NO6S/c14-10(15,16)5-30-9(25)4-29-8-2-1-6(3-7(8)24(26)27)31(28)13(22,23)11(17,18)12(19,20)21/h1-3H,4-5H2. The van der Waals surface area contributed by atoms with Gasteiger partial charge >= 0.3 is 35.2 Å². The van der Waals surface area contributed by atoms with Gasteiger partial charge in [0.2, 0.25) is 0 Å². The minimum absolute atomic E-state index is 0.0904. The van der Waals surface area contributed by atoms with Crippen LogP contribution in [-0.4, -0.2) is 51.8 Å². The molecular weight excluding hydrogens is 488 g/mol. The highest BCUT2D eigenvalue weighted by Crippen LogP contribution is 2.49. The summed E-state index contributed by atoms with van der Waals surface area (Å²) in [5.41, 5.74) is -1.42. The minimum atomic E-state index is -6.81. The summed E-state index contributed by atoms with van der Waals surface area (Å²) in [6, 6.07) is 0.414. The summed E-state index contributed by atoms with van der Waals surface area (Å²) in [5.74, 6) is -9.44. The monoisotopic (exact) mass is 495 g/mol. The number of halogens is 10. The SMILES string of the molecule is O=C(COc1ccc(S(=O)C(F)(F)C(F)(F)C(F)(F)F)cc1[N+](=O)[O-])OCC(F)(F)F. The van der Waals surface area contributed by atoms with Gasteiger partial charge < -0.3 is 9.47 Å². The molecule has 0 bridgehead atoms. The molecule has 176 valence electrons. The van der Waals surface area contributed by atoms with Crippen molar-refractivity contribution in [2.45, 2.75) is 28.4 Å². The summed E-state index contributed by atoms with van der Waals surface area (Å²) in [5, 5.41) is 4.72. The molecule has 0 aliphatic rings. The van der Waals surface area contributed by atoms with Crippen molar-refractivity contribution in [1.82, 2.24) is 0 Å². The van der Waals surface area contributed by atoms with Crippen molar-refractivity contribution in [1.29, 1.82) is 0 Å². The highest BCUT2D eigenvalue weighted by Gasteiger charge is 2.76. The van der Waals surface area contributed by atoms with Crippen LogP contribution >= 0.6 is 0 Å². The molecule has 1 atom stereocenters. The van der Waals surface area contributed by atoms with Gasteiger partial charge in [0, 0.05) is 6.07 Å². The van der Waals surface area contributed by atoms with E-state index in [1.165, 1.54) is 0 Å². The van der Waals surface area contributed by atoms with Crippen LogP contribution in [0.3, 0.4) is 0 Å². The predicted octanol–water partition coefficient (Wildman–Crippen LogP) is 3.98. The van der Waals surface area contributed by atoms with Crippen molar-refractivity contribution in [3.63, 3.8) is 0 Å². The molecule has 0 heterocycles. The summed E-state index contributed by atoms with van der Waals surface area (Å²) in [4.78, 5) is 19.1. The zero-order chi connectivity index (χ0) is 24.4. The minimum Gasteiger partial charge on any atom is -0.475 e. The Kier molecular flexibility index (Phi) is 7.52. The fourth-order valence-electron chi connectivity index (χ4n) is 1.65. The number of ether oxygens (including phenoxy) is 2. The average Bonchev–Trinajstić information content (AvgIpc) is 2.62. The number of nitro groups is 1. The van der Waals surface area contributed by atoms with Crippen LogP contribution in [0.25, 0.3) is 0 Å². The Labute approximate surface area is 166 Å². The first-order valence-corrected chi connectivity index (χ1v) is 8.34. The highest BCUT2D eigenvalue weighted by molar-refractivity contribution is 7.86. The zero-order valence-electron chi connectivity index (χ0n) is 14.2. The van der Waals surface area contributed by atoms with Crippen LogP contribution in [0.4, 0.5) is 49.6 Å². The van der Waals surface area contributed by atoms with Crippen molar-refractivity contribution in [2.24, 2.45) is 0 Å². The molecule has 0 spiro atoms. The van der Waals surface area contributed by atoms with Crippen molar-refractivity contribution < 1.29 is 67.3 Å². The largest absolute Gasteiger partial charge is 0.475 e. The molecule has 0 aliphatic heterocycles. The maximum Gasteiger partial charge on any atom is 0.461 e. The molecule has 7 nitrogen and oxygen atoms in total. The number of carbonyl (C=O) groups excluding carboxylic acids is 1. The van der Waals surface area contributed by atoms with Crippen LogP contribution in [0.1, 0.15) is 0 Å². The van der Waals surface area contributed by atoms with Gasteiger partial charge in [-0.2, -0.15) is 43.9 Å². The molecular formula is C13H7F10NO6S. The van der Waals surface area contributed by atoms with Gasteiger partial charge in [-0.1, -0.05) is 0 Å². The van der Waals surface area contributed by atoms with E-state index in [0.717, 1.165) is 0 Å². The Morgan fingerprint density at radius 3 is 2.03 bits per heavy atom. The zero-order valence-corrected chi connectivity index (χ0v) is 15.0. The average molecular weight is 495 g/mol. The number of carbonyl (C=O) groups is 1. The predicted molar refractivity (Wildman–Crippen MR) is 78.0 cm³/mol. The van der Waals surface area contributed by atoms with Crippen LogP contribution < -0.4 is 4.74 Å². The number of rotatable bonds is 8. The van der Waals surface area contributed by atoms with Crippen LogP contribution in [0, 0.1) is 10.1 Å². The fraction of sp³-hybridized carbons (Fsp3) is 0.462. The molecule has 0 saturated heterocycles. The van der Waals surface area contributed by atoms with E-state index in [1.54, 1.807) is 0 Å². The summed E-state index contributed by atoms with van der Waals surface area (Å²) in [7, 11) is -4.45. The molecule has 1 rings (SSSR count). The Morgan fingerprint density at radius 1 is 1.03 bits per heavy atom. The van der Waals surface area contributed by atoms with E-state index in [1.807, 2.05) is 0 Å². The molecule has 0 saturated carbocycles. The molecule has 0 N–H and O–H groups in total. The van der Waals surface area contributed by atoms with Gasteiger partial charge in [0.25, 0.3) is 0 Å². The number of hydrogen-bond acceptors (Lipinski definition) is 6. The van der Waals surface area contributed by atoms with E-state index in [9.17, 15) is 63.0 Å². The molecule has 0 fully saturated rings. The van der Waals surface area contributed by atoms with Crippen molar-refractivity contribution in [3.05, 3.63) is 28.3 Å². The lowest BCUT2D eigenvalue weighted by atomic mass is 10.3. The summed E-state index contributed by atoms with van der Waals surface area (Å²) < 4.78 is 145. The Morgan fingerprint density at radius 2 is 1.58 bits per heavy atom. The van der Waals surface area contributed by atoms with Gasteiger partial charge in [0.05, 0.1) is 9.82 Å². The second-order valence-electron chi connectivity index (χ2n) is 5.31. The van der Waals surface area contributed by atoms with Crippen LogP contribution in [0.15, 0.2) is 23.1 Å². The molecule has 18 heteroatoms. The highest BCUT2D eigenvalue weighted by atomic mass is 32.2. The summed E-state index contributed by atoms with van der Waals surface area (Å²) in [6.45, 7) is -3.39. The molecule has 1 aromatic carbocycles. The Hall–Kier alpha value is -2.66. The third kappa shape index (κ3) is 6.17. The first-order chi connectivity index (χ1) is 13.8. The first-order valence-electron chi connectivity index (χ1n) is 7.19. The van der Waals surface area contributed by atoms with Crippen LogP contribution in [0.2, 0.25) is 0 Å². The van der Waals surface area contributed by atoms with E-state index in [4.69, 9.17) is 0 Å². The van der Waals surface area contributed by atoms with Gasteiger partial charge in [-0.3, -0.25) is 10.1 Å². The van der Waals surface area contributed by atoms with E-state index in [0.29, 0.717) is 6.07 Å². The van der Waals surface area contributed by atoms with Crippen LogP contribution in [0.5, 0.6) is 5.75 Å². The quantitative estimate of drug-likeness (QED) is 0.235. The van der Waals surface area contributed by atoms with Gasteiger partial charge in [0.1, 0.15) is 10.8 Å². The lowest BCUT2D eigenvalue weighted by Crippen LogP contribution is -2.54. The molecule has 1 unspecified atom stereocenters. The first kappa shape index (κ1) is 26.4. The third-order valence-electron chi connectivity index (χ3n) is 3.04. The number of hydrogen-bond donors (Lipinski definition) is 0. The van der Waals surface area contributed by atoms with Crippen molar-refractivity contribution >= 4 is 22.5 Å². The number of nitrogens with zero attached hydrogens (tertiary/aromatic N) is 1. The molecule has 1 aromatic rings. The normalized spacial score (nSPS) is 14.1. The van der Waals surface area contributed by atoms with Gasteiger partial charge in [0.15, 0.2) is 19.0 Å². The van der Waals surface area contributed by atoms with Crippen molar-refractivity contribution in [2.75, 3.05) is 13.2 Å². The maximum absolute atomic E-state index is 13.5. The van der Waals surface area contributed by atoms with Gasteiger partial charge in [-0.05, 0) is 12.1 Å². The number of alkyl halides is 10.